The van der Waals surface area contributed by atoms with E-state index in [2.05, 4.69) is 25.1 Å². The van der Waals surface area contributed by atoms with Gasteiger partial charge in [0.2, 0.25) is 0 Å². The van der Waals surface area contributed by atoms with E-state index in [9.17, 15) is 4.79 Å². The number of aromatic amines is 1. The maximum absolute atomic E-state index is 10.3. The van der Waals surface area contributed by atoms with Crippen LogP contribution in [0.2, 0.25) is 0 Å². The molecule has 0 spiro atoms. The lowest BCUT2D eigenvalue weighted by Crippen LogP contribution is -2.08. The molecule has 0 aliphatic heterocycles. The molecular weight excluding hydrogens is 240 g/mol. The predicted octanol–water partition coefficient (Wildman–Crippen LogP) is -0.398. The minimum absolute atomic E-state index is 0.0504. The molecule has 9 nitrogen and oxygen atoms in total. The van der Waals surface area contributed by atoms with Gasteiger partial charge >= 0.3 is 5.97 Å². The Balaban J connectivity index is 1.96. The number of carboxylic acid groups (broad SMARTS) is 1. The molecule has 3 heterocycles. The average molecular weight is 248 g/mol. The van der Waals surface area contributed by atoms with Crippen LogP contribution in [-0.4, -0.2) is 47.2 Å². The summed E-state index contributed by atoms with van der Waals surface area (Å²) >= 11 is 0. The Labute approximate surface area is 99.5 Å². The quantitative estimate of drug-likeness (QED) is 0.644. The lowest BCUT2D eigenvalue weighted by molar-refractivity contribution is -0.142. The van der Waals surface area contributed by atoms with Crippen molar-refractivity contribution in [2.75, 3.05) is 6.61 Å². The van der Waals surface area contributed by atoms with E-state index < -0.39 is 5.97 Å². The molecule has 0 radical (unpaired) electrons. The van der Waals surface area contributed by atoms with Crippen molar-refractivity contribution in [2.24, 2.45) is 0 Å². The summed E-state index contributed by atoms with van der Waals surface area (Å²) in [6, 6.07) is 0. The number of aromatic nitrogens is 6. The molecule has 0 aliphatic carbocycles. The van der Waals surface area contributed by atoms with E-state index in [1.165, 1.54) is 12.7 Å². The summed E-state index contributed by atoms with van der Waals surface area (Å²) in [5.41, 5.74) is 1.80. The van der Waals surface area contributed by atoms with Crippen LogP contribution < -0.4 is 0 Å². The summed E-state index contributed by atoms with van der Waals surface area (Å²) in [6.07, 6.45) is 3.05. The molecule has 0 saturated heterocycles. The molecule has 0 bridgehead atoms. The highest BCUT2D eigenvalue weighted by molar-refractivity contribution is 5.84. The fourth-order valence-corrected chi connectivity index (χ4v) is 1.61. The van der Waals surface area contributed by atoms with Crippen LogP contribution in [0, 0.1) is 0 Å². The molecule has 3 rings (SSSR count). The van der Waals surface area contributed by atoms with E-state index in [1.54, 1.807) is 4.40 Å². The Kier molecular flexibility index (Phi) is 2.38. The topological polar surface area (TPSA) is 118 Å². The fourth-order valence-electron chi connectivity index (χ4n) is 1.61. The van der Waals surface area contributed by atoms with Gasteiger partial charge in [-0.25, -0.2) is 14.8 Å². The molecule has 3 aromatic rings. The van der Waals surface area contributed by atoms with E-state index in [1.807, 2.05) is 0 Å². The molecular formula is C9H8N6O3. The van der Waals surface area contributed by atoms with Gasteiger partial charge in [0, 0.05) is 0 Å². The SMILES string of the molecule is O=C(O)COCc1nnc2c3[nH]cnc3ncn12. The second kappa shape index (κ2) is 4.04. The van der Waals surface area contributed by atoms with E-state index in [4.69, 9.17) is 9.84 Å². The van der Waals surface area contributed by atoms with Crippen LogP contribution >= 0.6 is 0 Å². The van der Waals surface area contributed by atoms with Crippen LogP contribution in [-0.2, 0) is 16.1 Å². The van der Waals surface area contributed by atoms with Gasteiger partial charge in [-0.1, -0.05) is 0 Å². The third-order valence-corrected chi connectivity index (χ3v) is 2.36. The molecule has 0 unspecified atom stereocenters. The molecule has 2 N–H and O–H groups in total. The fraction of sp³-hybridized carbons (Fsp3) is 0.222. The lowest BCUT2D eigenvalue weighted by Gasteiger charge is -1.99. The Hall–Kier alpha value is -2.55. The number of rotatable bonds is 4. The van der Waals surface area contributed by atoms with Crippen LogP contribution in [0.3, 0.4) is 0 Å². The molecule has 0 fully saturated rings. The van der Waals surface area contributed by atoms with Crippen molar-refractivity contribution >= 4 is 22.8 Å². The normalized spacial score (nSPS) is 11.3. The van der Waals surface area contributed by atoms with E-state index in [-0.39, 0.29) is 13.2 Å². The van der Waals surface area contributed by atoms with Crippen molar-refractivity contribution in [3.05, 3.63) is 18.5 Å². The summed E-state index contributed by atoms with van der Waals surface area (Å²) in [5, 5.41) is 16.4. The molecule has 0 aromatic carbocycles. The van der Waals surface area contributed by atoms with Gasteiger partial charge in [0.1, 0.15) is 25.1 Å². The summed E-state index contributed by atoms with van der Waals surface area (Å²) in [7, 11) is 0. The van der Waals surface area contributed by atoms with Crippen LogP contribution in [0.15, 0.2) is 12.7 Å². The van der Waals surface area contributed by atoms with Gasteiger partial charge in [-0.3, -0.25) is 4.40 Å². The van der Waals surface area contributed by atoms with Crippen molar-refractivity contribution in [1.29, 1.82) is 0 Å². The first-order chi connectivity index (χ1) is 8.75. The Morgan fingerprint density at radius 2 is 2.33 bits per heavy atom. The molecule has 9 heteroatoms. The number of carboxylic acids is 1. The van der Waals surface area contributed by atoms with Gasteiger partial charge in [-0.2, -0.15) is 0 Å². The highest BCUT2D eigenvalue weighted by atomic mass is 16.5. The standard InChI is InChI=1S/C9H8N6O3/c16-6(17)2-18-1-5-13-14-9-7-8(11-3-10-7)12-4-15(5)9/h3-4H,1-2H2,(H,10,11)(H,16,17). The van der Waals surface area contributed by atoms with Crippen molar-refractivity contribution in [2.45, 2.75) is 6.61 Å². The molecule has 92 valence electrons. The van der Waals surface area contributed by atoms with Gasteiger partial charge in [0.25, 0.3) is 0 Å². The van der Waals surface area contributed by atoms with E-state index >= 15 is 0 Å². The maximum atomic E-state index is 10.3. The third-order valence-electron chi connectivity index (χ3n) is 2.36. The smallest absolute Gasteiger partial charge is 0.329 e. The van der Waals surface area contributed by atoms with E-state index in [0.29, 0.717) is 22.6 Å². The number of fused-ring (bicyclic) bond motifs is 3. The Bertz CT molecular complexity index is 717. The van der Waals surface area contributed by atoms with Crippen LogP contribution in [0.1, 0.15) is 5.82 Å². The average Bonchev–Trinajstić information content (AvgIpc) is 2.93. The number of carbonyl (C=O) groups is 1. The van der Waals surface area contributed by atoms with Gasteiger partial charge in [-0.05, 0) is 0 Å². The van der Waals surface area contributed by atoms with Crippen LogP contribution in [0.25, 0.3) is 16.8 Å². The molecule has 0 aliphatic rings. The summed E-state index contributed by atoms with van der Waals surface area (Å²) in [4.78, 5) is 21.4. The number of ether oxygens (including phenoxy) is 1. The van der Waals surface area contributed by atoms with E-state index in [0.717, 1.165) is 0 Å². The summed E-state index contributed by atoms with van der Waals surface area (Å²) in [6.45, 7) is -0.330. The number of hydrogen-bond acceptors (Lipinski definition) is 6. The zero-order chi connectivity index (χ0) is 12.5. The van der Waals surface area contributed by atoms with Crippen molar-refractivity contribution in [1.82, 2.24) is 29.5 Å². The molecule has 0 saturated carbocycles. The maximum Gasteiger partial charge on any atom is 0.329 e. The first-order valence-corrected chi connectivity index (χ1v) is 5.07. The highest BCUT2D eigenvalue weighted by Gasteiger charge is 2.11. The minimum Gasteiger partial charge on any atom is -0.480 e. The summed E-state index contributed by atoms with van der Waals surface area (Å²) in [5.74, 6) is -0.548. The first kappa shape index (κ1) is 10.6. The van der Waals surface area contributed by atoms with Crippen molar-refractivity contribution in [3.8, 4) is 0 Å². The monoisotopic (exact) mass is 248 g/mol. The number of hydrogen-bond donors (Lipinski definition) is 2. The van der Waals surface area contributed by atoms with Crippen molar-refractivity contribution in [3.63, 3.8) is 0 Å². The predicted molar refractivity (Wildman–Crippen MR) is 57.7 cm³/mol. The molecule has 0 atom stereocenters. The molecule has 18 heavy (non-hydrogen) atoms. The second-order valence-corrected chi connectivity index (χ2v) is 3.54. The largest absolute Gasteiger partial charge is 0.480 e. The van der Waals surface area contributed by atoms with Gasteiger partial charge in [0.15, 0.2) is 17.1 Å². The lowest BCUT2D eigenvalue weighted by atomic mass is 10.5. The molecule has 3 aromatic heterocycles. The number of imidazole rings is 1. The highest BCUT2D eigenvalue weighted by Crippen LogP contribution is 2.13. The third kappa shape index (κ3) is 1.66. The Morgan fingerprint density at radius 1 is 1.44 bits per heavy atom. The first-order valence-electron chi connectivity index (χ1n) is 5.07. The number of nitrogens with one attached hydrogen (secondary N) is 1. The second-order valence-electron chi connectivity index (χ2n) is 3.54. The van der Waals surface area contributed by atoms with Gasteiger partial charge in [0.05, 0.1) is 6.33 Å². The molecule has 0 amide bonds. The Morgan fingerprint density at radius 3 is 3.17 bits per heavy atom. The van der Waals surface area contributed by atoms with Gasteiger partial charge in [-0.15, -0.1) is 10.2 Å². The van der Waals surface area contributed by atoms with Gasteiger partial charge < -0.3 is 14.8 Å². The van der Waals surface area contributed by atoms with Crippen LogP contribution in [0.4, 0.5) is 0 Å². The number of nitrogens with zero attached hydrogens (tertiary/aromatic N) is 5. The zero-order valence-corrected chi connectivity index (χ0v) is 9.07. The summed E-state index contributed by atoms with van der Waals surface area (Å²) < 4.78 is 6.59. The number of H-pyrrole nitrogens is 1. The van der Waals surface area contributed by atoms with Crippen molar-refractivity contribution < 1.29 is 14.6 Å². The zero-order valence-electron chi connectivity index (χ0n) is 9.07. The number of aliphatic carboxylic acids is 1. The minimum atomic E-state index is -1.03. The van der Waals surface area contributed by atoms with Crippen LogP contribution in [0.5, 0.6) is 0 Å².